The number of hydrogen-bond acceptors (Lipinski definition) is 3. The molecule has 1 amide bonds. The molecule has 0 aliphatic heterocycles. The second kappa shape index (κ2) is 6.00. The number of hydrogen-bond donors (Lipinski definition) is 2. The molecule has 0 spiro atoms. The van der Waals surface area contributed by atoms with Crippen molar-refractivity contribution in [2.45, 2.75) is 13.5 Å². The van der Waals surface area contributed by atoms with Gasteiger partial charge in [0.05, 0.1) is 0 Å². The normalized spacial score (nSPS) is 10.0. The summed E-state index contributed by atoms with van der Waals surface area (Å²) in [6.07, 6.45) is 3.63. The minimum absolute atomic E-state index is 0.0822. The smallest absolute Gasteiger partial charge is 0.251 e. The van der Waals surface area contributed by atoms with Crippen LogP contribution in [0.4, 0.5) is 5.69 Å². The number of aromatic nitrogens is 1. The number of rotatable bonds is 4. The standard InChI is InChI=1S/C15H17N3O/c1-11-6-7-17-9-13(11)10-18-14-5-3-4-12(8-14)15(19)16-2/h3-9,18H,10H2,1-2H3,(H,16,19). The van der Waals surface area contributed by atoms with Gasteiger partial charge in [-0.05, 0) is 42.3 Å². The third-order valence-corrected chi connectivity index (χ3v) is 2.98. The summed E-state index contributed by atoms with van der Waals surface area (Å²) in [5, 5.41) is 5.92. The molecule has 19 heavy (non-hydrogen) atoms. The van der Waals surface area contributed by atoms with E-state index in [1.54, 1.807) is 19.3 Å². The maximum Gasteiger partial charge on any atom is 0.251 e. The number of pyridine rings is 1. The minimum atomic E-state index is -0.0822. The quantitative estimate of drug-likeness (QED) is 0.881. The number of carbonyl (C=O) groups is 1. The van der Waals surface area contributed by atoms with Gasteiger partial charge in [0.1, 0.15) is 0 Å². The number of carbonyl (C=O) groups excluding carboxylic acids is 1. The van der Waals surface area contributed by atoms with Gasteiger partial charge in [0.15, 0.2) is 0 Å². The highest BCUT2D eigenvalue weighted by Gasteiger charge is 2.04. The van der Waals surface area contributed by atoms with Crippen LogP contribution in [0.1, 0.15) is 21.5 Å². The Hall–Kier alpha value is -2.36. The number of anilines is 1. The van der Waals surface area contributed by atoms with Crippen LogP contribution in [0.25, 0.3) is 0 Å². The lowest BCUT2D eigenvalue weighted by Crippen LogP contribution is -2.17. The van der Waals surface area contributed by atoms with E-state index in [-0.39, 0.29) is 5.91 Å². The van der Waals surface area contributed by atoms with E-state index in [0.717, 1.165) is 11.3 Å². The Bertz CT molecular complexity index is 581. The Morgan fingerprint density at radius 3 is 2.89 bits per heavy atom. The van der Waals surface area contributed by atoms with Crippen molar-refractivity contribution in [3.63, 3.8) is 0 Å². The molecule has 98 valence electrons. The second-order valence-electron chi connectivity index (χ2n) is 4.32. The van der Waals surface area contributed by atoms with E-state index >= 15 is 0 Å². The molecule has 2 N–H and O–H groups in total. The van der Waals surface area contributed by atoms with Crippen LogP contribution in [-0.4, -0.2) is 17.9 Å². The maximum atomic E-state index is 11.5. The molecule has 0 aliphatic carbocycles. The molecular formula is C15H17N3O. The van der Waals surface area contributed by atoms with Gasteiger partial charge in [-0.3, -0.25) is 9.78 Å². The van der Waals surface area contributed by atoms with Crippen LogP contribution >= 0.6 is 0 Å². The van der Waals surface area contributed by atoms with Crippen LogP contribution in [0.2, 0.25) is 0 Å². The fourth-order valence-electron chi connectivity index (χ4n) is 1.79. The van der Waals surface area contributed by atoms with E-state index in [1.165, 1.54) is 5.56 Å². The van der Waals surface area contributed by atoms with Gasteiger partial charge in [0.2, 0.25) is 0 Å². The first-order valence-electron chi connectivity index (χ1n) is 6.16. The third-order valence-electron chi connectivity index (χ3n) is 2.98. The van der Waals surface area contributed by atoms with Gasteiger partial charge in [-0.1, -0.05) is 6.07 Å². The summed E-state index contributed by atoms with van der Waals surface area (Å²) in [7, 11) is 1.63. The Balaban J connectivity index is 2.08. The van der Waals surface area contributed by atoms with Crippen LogP contribution in [0.5, 0.6) is 0 Å². The minimum Gasteiger partial charge on any atom is -0.381 e. The fraction of sp³-hybridized carbons (Fsp3) is 0.200. The fourth-order valence-corrected chi connectivity index (χ4v) is 1.79. The average molecular weight is 255 g/mol. The molecule has 0 saturated carbocycles. The van der Waals surface area contributed by atoms with Gasteiger partial charge in [-0.2, -0.15) is 0 Å². The van der Waals surface area contributed by atoms with Crippen molar-refractivity contribution in [1.29, 1.82) is 0 Å². The SMILES string of the molecule is CNC(=O)c1cccc(NCc2cnccc2C)c1. The molecule has 0 aliphatic rings. The van der Waals surface area contributed by atoms with Gasteiger partial charge < -0.3 is 10.6 Å². The molecule has 1 aromatic heterocycles. The first-order chi connectivity index (χ1) is 9.20. The van der Waals surface area contributed by atoms with Gasteiger partial charge in [0, 0.05) is 37.2 Å². The topological polar surface area (TPSA) is 54.0 Å². The van der Waals surface area contributed by atoms with Crippen LogP contribution in [-0.2, 0) is 6.54 Å². The van der Waals surface area contributed by atoms with Crippen LogP contribution in [0.3, 0.4) is 0 Å². The Morgan fingerprint density at radius 1 is 1.32 bits per heavy atom. The predicted molar refractivity (Wildman–Crippen MR) is 76.1 cm³/mol. The summed E-state index contributed by atoms with van der Waals surface area (Å²) in [5.74, 6) is -0.0822. The Kier molecular flexibility index (Phi) is 4.13. The van der Waals surface area contributed by atoms with Crippen molar-refractivity contribution in [2.24, 2.45) is 0 Å². The van der Waals surface area contributed by atoms with E-state index in [1.807, 2.05) is 30.5 Å². The average Bonchev–Trinajstić information content (AvgIpc) is 2.46. The molecule has 1 aromatic carbocycles. The molecule has 4 nitrogen and oxygen atoms in total. The summed E-state index contributed by atoms with van der Waals surface area (Å²) >= 11 is 0. The molecule has 4 heteroatoms. The van der Waals surface area contributed by atoms with Crippen molar-refractivity contribution >= 4 is 11.6 Å². The lowest BCUT2D eigenvalue weighted by atomic mass is 10.1. The number of benzene rings is 1. The first kappa shape index (κ1) is 13.1. The van der Waals surface area contributed by atoms with Crippen molar-refractivity contribution in [1.82, 2.24) is 10.3 Å². The van der Waals surface area contributed by atoms with E-state index in [0.29, 0.717) is 12.1 Å². The zero-order valence-electron chi connectivity index (χ0n) is 11.1. The molecular weight excluding hydrogens is 238 g/mol. The summed E-state index contributed by atoms with van der Waals surface area (Å²) < 4.78 is 0. The monoisotopic (exact) mass is 255 g/mol. The second-order valence-corrected chi connectivity index (χ2v) is 4.32. The van der Waals surface area contributed by atoms with Gasteiger partial charge in [-0.25, -0.2) is 0 Å². The van der Waals surface area contributed by atoms with Crippen molar-refractivity contribution in [3.05, 3.63) is 59.4 Å². The maximum absolute atomic E-state index is 11.5. The van der Waals surface area contributed by atoms with E-state index < -0.39 is 0 Å². The highest BCUT2D eigenvalue weighted by molar-refractivity contribution is 5.94. The van der Waals surface area contributed by atoms with Crippen molar-refractivity contribution in [2.75, 3.05) is 12.4 Å². The summed E-state index contributed by atoms with van der Waals surface area (Å²) in [4.78, 5) is 15.7. The van der Waals surface area contributed by atoms with E-state index in [2.05, 4.69) is 22.5 Å². The highest BCUT2D eigenvalue weighted by Crippen LogP contribution is 2.13. The van der Waals surface area contributed by atoms with Gasteiger partial charge in [-0.15, -0.1) is 0 Å². The molecule has 0 saturated heterocycles. The van der Waals surface area contributed by atoms with Crippen LogP contribution < -0.4 is 10.6 Å². The number of amides is 1. The van der Waals surface area contributed by atoms with Gasteiger partial charge >= 0.3 is 0 Å². The highest BCUT2D eigenvalue weighted by atomic mass is 16.1. The van der Waals surface area contributed by atoms with Crippen molar-refractivity contribution < 1.29 is 4.79 Å². The number of aryl methyl sites for hydroxylation is 1. The lowest BCUT2D eigenvalue weighted by Gasteiger charge is -2.09. The largest absolute Gasteiger partial charge is 0.381 e. The molecule has 0 unspecified atom stereocenters. The molecule has 0 radical (unpaired) electrons. The van der Waals surface area contributed by atoms with Crippen LogP contribution in [0, 0.1) is 6.92 Å². The molecule has 0 bridgehead atoms. The molecule has 1 heterocycles. The zero-order chi connectivity index (χ0) is 13.7. The molecule has 2 aromatic rings. The molecule has 0 atom stereocenters. The van der Waals surface area contributed by atoms with Gasteiger partial charge in [0.25, 0.3) is 5.91 Å². The third kappa shape index (κ3) is 3.31. The summed E-state index contributed by atoms with van der Waals surface area (Å²) in [5.41, 5.74) is 3.91. The summed E-state index contributed by atoms with van der Waals surface area (Å²) in [6.45, 7) is 2.75. The lowest BCUT2D eigenvalue weighted by molar-refractivity contribution is 0.0963. The van der Waals surface area contributed by atoms with Crippen molar-refractivity contribution in [3.8, 4) is 0 Å². The Labute approximate surface area is 112 Å². The van der Waals surface area contributed by atoms with E-state index in [4.69, 9.17) is 0 Å². The number of nitrogens with one attached hydrogen (secondary N) is 2. The number of nitrogens with zero attached hydrogens (tertiary/aromatic N) is 1. The first-order valence-corrected chi connectivity index (χ1v) is 6.16. The molecule has 0 fully saturated rings. The van der Waals surface area contributed by atoms with E-state index in [9.17, 15) is 4.79 Å². The molecule has 2 rings (SSSR count). The predicted octanol–water partition coefficient (Wildman–Crippen LogP) is 2.36. The zero-order valence-corrected chi connectivity index (χ0v) is 11.1. The summed E-state index contributed by atoms with van der Waals surface area (Å²) in [6, 6.07) is 9.42. The Morgan fingerprint density at radius 2 is 2.16 bits per heavy atom. The van der Waals surface area contributed by atoms with Crippen LogP contribution in [0.15, 0.2) is 42.7 Å².